The number of benzene rings is 3. The van der Waals surface area contributed by atoms with E-state index in [1.54, 1.807) is 19.1 Å². The zero-order valence-electron chi connectivity index (χ0n) is 31.9. The van der Waals surface area contributed by atoms with E-state index in [9.17, 15) is 15.0 Å². The lowest BCUT2D eigenvalue weighted by molar-refractivity contribution is -0.136. The Labute approximate surface area is 314 Å². The molecule has 0 aromatic heterocycles. The topological polar surface area (TPSA) is 119 Å². The van der Waals surface area contributed by atoms with Crippen LogP contribution in [0, 0.1) is 22.7 Å². The van der Waals surface area contributed by atoms with Gasteiger partial charge in [0.15, 0.2) is 23.0 Å². The van der Waals surface area contributed by atoms with E-state index >= 15 is 0 Å². The largest absolute Gasteiger partial charge is 0.493 e. The van der Waals surface area contributed by atoms with Crippen LogP contribution in [0.3, 0.4) is 0 Å². The van der Waals surface area contributed by atoms with Gasteiger partial charge in [0.25, 0.3) is 0 Å². The van der Waals surface area contributed by atoms with Crippen molar-refractivity contribution in [2.75, 3.05) is 73.4 Å². The van der Waals surface area contributed by atoms with Gasteiger partial charge in [-0.3, -0.25) is 4.79 Å². The first kappa shape index (κ1) is 38.9. The number of amides is 1. The summed E-state index contributed by atoms with van der Waals surface area (Å²) in [5.74, 6) is 4.66. The lowest BCUT2D eigenvalue weighted by Gasteiger charge is -2.29. The third kappa shape index (κ3) is 9.84. The van der Waals surface area contributed by atoms with Crippen LogP contribution in [0.5, 0.6) is 23.0 Å². The molecule has 2 aliphatic heterocycles. The van der Waals surface area contributed by atoms with Crippen molar-refractivity contribution in [3.8, 4) is 23.0 Å². The maximum Gasteiger partial charge on any atom is 0.248 e. The first-order valence-corrected chi connectivity index (χ1v) is 19.1. The van der Waals surface area contributed by atoms with Crippen molar-refractivity contribution in [2.24, 2.45) is 22.7 Å². The summed E-state index contributed by atoms with van der Waals surface area (Å²) in [7, 11) is 3.32. The molecule has 288 valence electrons. The SMILES string of the molecule is COc1ccc([C@@H]2CN(C(=O)COCc3ccccc3)C[C@@]2(C)CO)cc1OCC1CC1.COc1ccc([C@@H]2CNC[C@@]2(C)CO)cc1OCC1CC1. The fourth-order valence-electron chi connectivity index (χ4n) is 7.42. The number of aliphatic hydroxyl groups excluding tert-OH is 2. The van der Waals surface area contributed by atoms with Crippen LogP contribution in [0.4, 0.5) is 0 Å². The van der Waals surface area contributed by atoms with Gasteiger partial charge in [0.2, 0.25) is 5.91 Å². The van der Waals surface area contributed by atoms with Crippen molar-refractivity contribution in [1.82, 2.24) is 10.2 Å². The van der Waals surface area contributed by atoms with Crippen molar-refractivity contribution in [2.45, 2.75) is 58.0 Å². The van der Waals surface area contributed by atoms with Crippen molar-refractivity contribution in [1.29, 1.82) is 0 Å². The summed E-state index contributed by atoms with van der Waals surface area (Å²) in [4.78, 5) is 14.6. The summed E-state index contributed by atoms with van der Waals surface area (Å²) in [5, 5.41) is 23.3. The summed E-state index contributed by atoms with van der Waals surface area (Å²) >= 11 is 0. The lowest BCUT2D eigenvalue weighted by atomic mass is 9.76. The van der Waals surface area contributed by atoms with Gasteiger partial charge < -0.3 is 44.1 Å². The summed E-state index contributed by atoms with van der Waals surface area (Å²) in [5.41, 5.74) is 2.76. The Hall–Kier alpha value is -3.83. The van der Waals surface area contributed by atoms with Crippen LogP contribution in [0.2, 0.25) is 0 Å². The second-order valence-electron chi connectivity index (χ2n) is 15.9. The Morgan fingerprint density at radius 3 is 1.87 bits per heavy atom. The van der Waals surface area contributed by atoms with Gasteiger partial charge in [-0.1, -0.05) is 56.3 Å². The Bertz CT molecular complexity index is 1650. The average molecular weight is 731 g/mol. The van der Waals surface area contributed by atoms with Crippen LogP contribution in [-0.2, 0) is 16.1 Å². The fourth-order valence-corrected chi connectivity index (χ4v) is 7.42. The third-order valence-corrected chi connectivity index (χ3v) is 11.5. The molecular formula is C43H58N2O8. The van der Waals surface area contributed by atoms with Crippen molar-refractivity contribution < 1.29 is 38.7 Å². The monoisotopic (exact) mass is 730 g/mol. The molecule has 10 nitrogen and oxygen atoms in total. The summed E-state index contributed by atoms with van der Waals surface area (Å²) in [6, 6.07) is 21.9. The number of ether oxygens (including phenoxy) is 5. The molecule has 3 aromatic carbocycles. The van der Waals surface area contributed by atoms with Crippen LogP contribution in [-0.4, -0.2) is 94.5 Å². The van der Waals surface area contributed by atoms with Gasteiger partial charge in [-0.25, -0.2) is 0 Å². The van der Waals surface area contributed by atoms with E-state index in [4.69, 9.17) is 23.7 Å². The highest BCUT2D eigenvalue weighted by atomic mass is 16.5. The lowest BCUT2D eigenvalue weighted by Crippen LogP contribution is -2.35. The molecular weight excluding hydrogens is 672 g/mol. The molecule has 2 saturated carbocycles. The number of aliphatic hydroxyl groups is 2. The number of hydrogen-bond acceptors (Lipinski definition) is 9. The Morgan fingerprint density at radius 2 is 1.34 bits per heavy atom. The Balaban J connectivity index is 0.000000198. The highest BCUT2D eigenvalue weighted by Gasteiger charge is 2.45. The highest BCUT2D eigenvalue weighted by molar-refractivity contribution is 5.78. The predicted octanol–water partition coefficient (Wildman–Crippen LogP) is 5.79. The zero-order chi connectivity index (χ0) is 37.4. The molecule has 7 rings (SSSR count). The van der Waals surface area contributed by atoms with E-state index in [1.165, 1.54) is 31.2 Å². The average Bonchev–Trinajstić information content (AvgIpc) is 4.13. The minimum absolute atomic E-state index is 0.000227. The summed E-state index contributed by atoms with van der Waals surface area (Å²) < 4.78 is 28.5. The summed E-state index contributed by atoms with van der Waals surface area (Å²) in [6.07, 6.45) is 4.99. The number of nitrogens with zero attached hydrogens (tertiary/aromatic N) is 1. The Morgan fingerprint density at radius 1 is 0.774 bits per heavy atom. The van der Waals surface area contributed by atoms with Gasteiger partial charge >= 0.3 is 0 Å². The molecule has 0 unspecified atom stereocenters. The Kier molecular flexibility index (Phi) is 12.9. The molecule has 4 atom stereocenters. The van der Waals surface area contributed by atoms with Crippen LogP contribution in [0.1, 0.15) is 68.1 Å². The van der Waals surface area contributed by atoms with Crippen LogP contribution >= 0.6 is 0 Å². The first-order valence-electron chi connectivity index (χ1n) is 19.1. The van der Waals surface area contributed by atoms with Crippen molar-refractivity contribution >= 4 is 5.91 Å². The third-order valence-electron chi connectivity index (χ3n) is 11.5. The minimum atomic E-state index is -0.433. The molecule has 1 amide bonds. The first-order chi connectivity index (χ1) is 25.7. The molecule has 4 fully saturated rings. The fraction of sp³-hybridized carbons (Fsp3) is 0.558. The standard InChI is InChI=1S/C26H33NO5.C17H25NO3/c1-26(18-28)17-27(25(29)16-31-14-19-6-4-3-5-7-19)13-22(26)21-10-11-23(30-2)24(12-21)32-15-20-8-9-20;1-17(11-19)10-18-8-14(17)13-5-6-15(20-2)16(7-13)21-9-12-3-4-12/h3-7,10-12,20,22,28H,8-9,13-18H2,1-2H3;5-7,12,14,18-19H,3-4,8-11H2,1-2H3/t22-,26-;14-,17-/m00/s1. The molecule has 2 aliphatic carbocycles. The molecule has 10 heteroatoms. The molecule has 4 aliphatic rings. The van der Waals surface area contributed by atoms with E-state index in [2.05, 4.69) is 24.4 Å². The van der Waals surface area contributed by atoms with Gasteiger partial charge in [-0.05, 0) is 78.5 Å². The van der Waals surface area contributed by atoms with Gasteiger partial charge in [0.1, 0.15) is 6.61 Å². The van der Waals surface area contributed by atoms with Gasteiger partial charge in [0.05, 0.1) is 47.3 Å². The number of carbonyl (C=O) groups excluding carboxylic acids is 1. The highest BCUT2D eigenvalue weighted by Crippen LogP contribution is 2.45. The number of nitrogens with one attached hydrogen (secondary N) is 1. The number of likely N-dealkylation sites (tertiary alicyclic amines) is 1. The van der Waals surface area contributed by atoms with Crippen molar-refractivity contribution in [3.05, 3.63) is 83.4 Å². The maximum absolute atomic E-state index is 12.8. The van der Waals surface area contributed by atoms with E-state index in [0.29, 0.717) is 49.8 Å². The predicted molar refractivity (Wildman–Crippen MR) is 204 cm³/mol. The molecule has 3 N–H and O–H groups in total. The van der Waals surface area contributed by atoms with Crippen LogP contribution < -0.4 is 24.3 Å². The molecule has 0 radical (unpaired) electrons. The smallest absolute Gasteiger partial charge is 0.248 e. The second-order valence-corrected chi connectivity index (χ2v) is 15.9. The van der Waals surface area contributed by atoms with Crippen LogP contribution in [0.15, 0.2) is 66.7 Å². The maximum atomic E-state index is 12.8. The van der Waals surface area contributed by atoms with E-state index in [-0.39, 0.29) is 37.1 Å². The van der Waals surface area contributed by atoms with Gasteiger partial charge in [0, 0.05) is 48.8 Å². The number of rotatable bonds is 16. The van der Waals surface area contributed by atoms with Crippen molar-refractivity contribution in [3.63, 3.8) is 0 Å². The normalized spacial score (nSPS) is 25.1. The quantitative estimate of drug-likeness (QED) is 0.168. The molecule has 53 heavy (non-hydrogen) atoms. The number of hydrogen-bond donors (Lipinski definition) is 3. The van der Waals surface area contributed by atoms with Crippen LogP contribution in [0.25, 0.3) is 0 Å². The summed E-state index contributed by atoms with van der Waals surface area (Å²) in [6.45, 7) is 9.03. The van der Waals surface area contributed by atoms with E-state index in [1.807, 2.05) is 61.5 Å². The van der Waals surface area contributed by atoms with Gasteiger partial charge in [-0.2, -0.15) is 0 Å². The number of carbonyl (C=O) groups is 1. The zero-order valence-corrected chi connectivity index (χ0v) is 31.9. The molecule has 3 aromatic rings. The molecule has 0 bridgehead atoms. The number of methoxy groups -OCH3 is 2. The molecule has 2 heterocycles. The van der Waals surface area contributed by atoms with E-state index in [0.717, 1.165) is 48.1 Å². The molecule has 2 saturated heterocycles. The second kappa shape index (κ2) is 17.5. The molecule has 0 spiro atoms. The minimum Gasteiger partial charge on any atom is -0.493 e. The van der Waals surface area contributed by atoms with Gasteiger partial charge in [-0.15, -0.1) is 0 Å². The van der Waals surface area contributed by atoms with E-state index < -0.39 is 5.41 Å².